The molecule has 11 nitrogen and oxygen atoms in total. The second kappa shape index (κ2) is 3.74. The molecule has 1 aliphatic carbocycles. The summed E-state index contributed by atoms with van der Waals surface area (Å²) in [5.74, 6) is -1.47. The minimum absolute atomic E-state index is 0.391. The fraction of sp³-hybridized carbons (Fsp3) is 0.167. The molecule has 17 heavy (non-hydrogen) atoms. The van der Waals surface area contributed by atoms with Gasteiger partial charge in [-0.15, -0.1) is 0 Å². The molecule has 0 aromatic carbocycles. The van der Waals surface area contributed by atoms with Gasteiger partial charge in [-0.25, -0.2) is 0 Å². The summed E-state index contributed by atoms with van der Waals surface area (Å²) in [5.41, 5.74) is -4.84. The molecular weight excluding hydrogens is 236 g/mol. The van der Waals surface area contributed by atoms with E-state index in [1.807, 2.05) is 0 Å². The van der Waals surface area contributed by atoms with Crippen LogP contribution in [0.4, 0.5) is 0 Å². The fourth-order valence-electron chi connectivity index (χ4n) is 1.11. The third kappa shape index (κ3) is 1.80. The van der Waals surface area contributed by atoms with Gasteiger partial charge in [0.1, 0.15) is 0 Å². The van der Waals surface area contributed by atoms with Gasteiger partial charge in [-0.05, 0) is 0 Å². The summed E-state index contributed by atoms with van der Waals surface area (Å²) < 4.78 is 0. The van der Waals surface area contributed by atoms with Crippen molar-refractivity contribution in [2.45, 2.75) is 5.66 Å². The first-order valence-corrected chi connectivity index (χ1v) is 3.88. The van der Waals surface area contributed by atoms with Crippen LogP contribution < -0.4 is 0 Å². The standard InChI is InChI=1S/C6H2N6O5/c7-9-6(10-8)1-3(11(14)15)5(13)4(2-6)12(16)17/h1-2H/q+2. The van der Waals surface area contributed by atoms with Gasteiger partial charge >= 0.3 is 22.8 Å². The second-order valence-corrected chi connectivity index (χ2v) is 2.89. The van der Waals surface area contributed by atoms with Gasteiger partial charge in [-0.2, -0.15) is 0 Å². The molecule has 0 N–H and O–H groups in total. The third-order valence-electron chi connectivity index (χ3n) is 1.88. The summed E-state index contributed by atoms with van der Waals surface area (Å²) in [4.78, 5) is 34.7. The van der Waals surface area contributed by atoms with Crippen LogP contribution in [0, 0.1) is 31.0 Å². The van der Waals surface area contributed by atoms with Crippen molar-refractivity contribution in [3.63, 3.8) is 0 Å². The maximum atomic E-state index is 11.3. The van der Waals surface area contributed by atoms with Crippen molar-refractivity contribution in [3.05, 3.63) is 53.7 Å². The van der Waals surface area contributed by atoms with Crippen molar-refractivity contribution in [2.75, 3.05) is 0 Å². The zero-order chi connectivity index (χ0) is 13.2. The van der Waals surface area contributed by atoms with E-state index in [1.54, 1.807) is 0 Å². The van der Waals surface area contributed by atoms with Gasteiger partial charge in [0, 0.05) is 0 Å². The van der Waals surface area contributed by atoms with E-state index in [0.29, 0.717) is 12.2 Å². The molecule has 0 saturated heterocycles. The Kier molecular flexibility index (Phi) is 2.61. The third-order valence-corrected chi connectivity index (χ3v) is 1.88. The molecule has 0 amide bonds. The van der Waals surface area contributed by atoms with E-state index >= 15 is 0 Å². The average molecular weight is 238 g/mol. The first kappa shape index (κ1) is 11.9. The minimum atomic E-state index is -2.42. The number of hydrogen-bond acceptors (Lipinski definition) is 7. The fourth-order valence-corrected chi connectivity index (χ4v) is 1.11. The highest BCUT2D eigenvalue weighted by Crippen LogP contribution is 2.28. The van der Waals surface area contributed by atoms with Gasteiger partial charge in [-0.3, -0.25) is 25.0 Å². The first-order chi connectivity index (χ1) is 7.87. The molecule has 11 heteroatoms. The summed E-state index contributed by atoms with van der Waals surface area (Å²) in [6.07, 6.45) is 0.782. The number of rotatable bonds is 2. The van der Waals surface area contributed by atoms with E-state index in [0.717, 1.165) is 0 Å². The SMILES string of the molecule is N#[N+]C1([N+]#N)C=C([N+](=O)[O-])C(=O)C([N+](=O)[O-])=C1. The van der Waals surface area contributed by atoms with Gasteiger partial charge in [0.2, 0.25) is 20.7 Å². The maximum Gasteiger partial charge on any atom is 0.691 e. The van der Waals surface area contributed by atoms with Crippen molar-refractivity contribution in [1.29, 1.82) is 10.8 Å². The number of Topliss-reactive ketones (excluding diaryl/α,β-unsaturated/α-hetero) is 1. The largest absolute Gasteiger partial charge is 0.691 e. The topological polar surface area (TPSA) is 160 Å². The van der Waals surface area contributed by atoms with Gasteiger partial charge in [-0.1, -0.05) is 0 Å². The van der Waals surface area contributed by atoms with E-state index in [1.165, 1.54) is 0 Å². The van der Waals surface area contributed by atoms with Crippen molar-refractivity contribution in [3.8, 4) is 0 Å². The molecule has 0 heterocycles. The van der Waals surface area contributed by atoms with Crippen LogP contribution >= 0.6 is 0 Å². The van der Waals surface area contributed by atoms with Crippen molar-refractivity contribution < 1.29 is 14.6 Å². The van der Waals surface area contributed by atoms with Gasteiger partial charge in [0.15, 0.2) is 12.2 Å². The molecular formula is C6H2N6O5+2. The Balaban J connectivity index is 3.53. The summed E-state index contributed by atoms with van der Waals surface area (Å²) in [7, 11) is 0. The number of hydrogen-bond donors (Lipinski definition) is 0. The zero-order valence-electron chi connectivity index (χ0n) is 7.88. The van der Waals surface area contributed by atoms with Gasteiger partial charge in [0.25, 0.3) is 0 Å². The Morgan fingerprint density at radius 3 is 1.65 bits per heavy atom. The van der Waals surface area contributed by atoms with Gasteiger partial charge < -0.3 is 0 Å². The number of ketones is 1. The molecule has 0 aromatic heterocycles. The van der Waals surface area contributed by atoms with Crippen LogP contribution in [0.1, 0.15) is 0 Å². The number of carbonyl (C=O) groups is 1. The second-order valence-electron chi connectivity index (χ2n) is 2.89. The lowest BCUT2D eigenvalue weighted by Gasteiger charge is -1.99. The Morgan fingerprint density at radius 2 is 1.41 bits per heavy atom. The first-order valence-electron chi connectivity index (χ1n) is 3.88. The van der Waals surface area contributed by atoms with E-state index in [-0.39, 0.29) is 0 Å². The predicted octanol–water partition coefficient (Wildman–Crippen LogP) is 0.293. The number of nitrogens with zero attached hydrogens (tertiary/aromatic N) is 6. The predicted molar refractivity (Wildman–Crippen MR) is 48.1 cm³/mol. The molecule has 0 spiro atoms. The molecule has 84 valence electrons. The van der Waals surface area contributed by atoms with Gasteiger partial charge in [0.05, 0.1) is 9.85 Å². The number of carbonyl (C=O) groups excluding carboxylic acids is 1. The normalized spacial score (nSPS) is 17.2. The lowest BCUT2D eigenvalue weighted by molar-refractivity contribution is -0.434. The summed E-state index contributed by atoms with van der Waals surface area (Å²) in [5, 5.41) is 38.1. The molecule has 0 atom stereocenters. The minimum Gasteiger partial charge on any atom is -0.274 e. The summed E-state index contributed by atoms with van der Waals surface area (Å²) in [6, 6.07) is 0. The summed E-state index contributed by atoms with van der Waals surface area (Å²) in [6.45, 7) is 0. The molecule has 1 aliphatic rings. The van der Waals surface area contributed by atoms with Crippen LogP contribution in [-0.2, 0) is 4.79 Å². The highest BCUT2D eigenvalue weighted by molar-refractivity contribution is 6.06. The summed E-state index contributed by atoms with van der Waals surface area (Å²) >= 11 is 0. The molecule has 0 unspecified atom stereocenters. The van der Waals surface area contributed by atoms with E-state index in [4.69, 9.17) is 10.8 Å². The Hall–Kier alpha value is -3.21. The van der Waals surface area contributed by atoms with Crippen LogP contribution in [0.2, 0.25) is 0 Å². The molecule has 0 aliphatic heterocycles. The monoisotopic (exact) mass is 238 g/mol. The van der Waals surface area contributed by atoms with Crippen LogP contribution in [0.15, 0.2) is 23.5 Å². The quantitative estimate of drug-likeness (QED) is 0.379. The van der Waals surface area contributed by atoms with Crippen LogP contribution in [0.25, 0.3) is 9.95 Å². The van der Waals surface area contributed by atoms with Crippen LogP contribution in [0.5, 0.6) is 0 Å². The Bertz CT molecular complexity index is 525. The molecule has 0 fully saturated rings. The van der Waals surface area contributed by atoms with Crippen molar-refractivity contribution >= 4 is 5.78 Å². The highest BCUT2D eigenvalue weighted by Gasteiger charge is 2.65. The number of nitro groups is 2. The maximum absolute atomic E-state index is 11.3. The highest BCUT2D eigenvalue weighted by atomic mass is 16.6. The molecule has 1 rings (SSSR count). The number of diazo groups is 2. The zero-order valence-corrected chi connectivity index (χ0v) is 7.88. The van der Waals surface area contributed by atoms with Crippen molar-refractivity contribution in [2.24, 2.45) is 0 Å². The smallest absolute Gasteiger partial charge is 0.274 e. The van der Waals surface area contributed by atoms with Crippen LogP contribution in [0.3, 0.4) is 0 Å². The lowest BCUT2D eigenvalue weighted by Crippen LogP contribution is -2.29. The van der Waals surface area contributed by atoms with Crippen LogP contribution in [-0.4, -0.2) is 21.3 Å². The molecule has 0 aromatic rings. The van der Waals surface area contributed by atoms with E-state index < -0.39 is 32.7 Å². The Morgan fingerprint density at radius 1 is 1.06 bits per heavy atom. The van der Waals surface area contributed by atoms with E-state index in [9.17, 15) is 25.0 Å². The molecule has 0 saturated carbocycles. The lowest BCUT2D eigenvalue weighted by atomic mass is 9.99. The average Bonchev–Trinajstić information content (AvgIpc) is 2.29. The molecule has 0 bridgehead atoms. The molecule has 0 radical (unpaired) electrons. The van der Waals surface area contributed by atoms with Crippen molar-refractivity contribution in [1.82, 2.24) is 0 Å². The van der Waals surface area contributed by atoms with E-state index in [2.05, 4.69) is 9.95 Å². The Labute approximate surface area is 91.6 Å².